The number of benzene rings is 2. The van der Waals surface area contributed by atoms with Gasteiger partial charge in [0.1, 0.15) is 54.5 Å². The van der Waals surface area contributed by atoms with Gasteiger partial charge in [-0.15, -0.1) is 0 Å². The van der Waals surface area contributed by atoms with E-state index in [9.17, 15) is 31.5 Å². The van der Waals surface area contributed by atoms with Crippen LogP contribution >= 0.6 is 0 Å². The van der Waals surface area contributed by atoms with E-state index in [0.717, 1.165) is 115 Å². The van der Waals surface area contributed by atoms with Crippen LogP contribution in [0.25, 0.3) is 33.4 Å². The molecule has 4 heterocycles. The first-order valence-electron chi connectivity index (χ1n) is 22.9. The molecular weight excluding hydrogens is 932 g/mol. The van der Waals surface area contributed by atoms with Crippen LogP contribution in [0.3, 0.4) is 0 Å². The number of carbonyl (C=O) groups excluding carboxylic acids is 1. The number of carboxylic acid groups (broad SMARTS) is 1. The van der Waals surface area contributed by atoms with E-state index < -0.39 is 25.6 Å². The Morgan fingerprint density at radius 3 is 1.46 bits per heavy atom. The van der Waals surface area contributed by atoms with E-state index in [-0.39, 0.29) is 67.7 Å². The minimum Gasteiger partial charge on any atom is -1.00 e. The normalized spacial score (nSPS) is 18.2. The summed E-state index contributed by atoms with van der Waals surface area (Å²) in [4.78, 5) is 41.5. The molecule has 4 aromatic heterocycles. The molecule has 0 aliphatic heterocycles. The summed E-state index contributed by atoms with van der Waals surface area (Å²) in [6.07, 6.45) is 19.2. The van der Waals surface area contributed by atoms with E-state index in [1.54, 1.807) is 12.4 Å². The summed E-state index contributed by atoms with van der Waals surface area (Å²) in [5, 5.41) is 11.1. The Morgan fingerprint density at radius 2 is 1.07 bits per heavy atom. The number of nitrogens with zero attached hydrogens (tertiary/aromatic N) is 6. The number of esters is 1. The molecule has 0 spiro atoms. The van der Waals surface area contributed by atoms with Crippen LogP contribution in [0.15, 0.2) is 85.5 Å². The Hall–Kier alpha value is -4.88. The number of rotatable bonds is 18. The average molecular weight is 997 g/mol. The molecule has 0 amide bonds. The van der Waals surface area contributed by atoms with E-state index in [4.69, 9.17) is 24.2 Å². The predicted octanol–water partition coefficient (Wildman–Crippen LogP) is 5.18. The molecule has 69 heavy (non-hydrogen) atoms. The van der Waals surface area contributed by atoms with Gasteiger partial charge in [-0.1, -0.05) is 19.6 Å². The second-order valence-corrected chi connectivity index (χ2v) is 22.3. The van der Waals surface area contributed by atoms with Gasteiger partial charge < -0.3 is 29.9 Å². The van der Waals surface area contributed by atoms with Crippen molar-refractivity contribution in [3.63, 3.8) is 0 Å². The smallest absolute Gasteiger partial charge is 1.00 e. The maximum absolute atomic E-state index is 11.8. The van der Waals surface area contributed by atoms with Gasteiger partial charge >= 0.3 is 41.5 Å². The number of sulfone groups is 2. The van der Waals surface area contributed by atoms with E-state index in [0.29, 0.717) is 43.6 Å². The number of methoxy groups -OCH3 is 1. The van der Waals surface area contributed by atoms with Crippen LogP contribution in [-0.2, 0) is 46.8 Å². The average Bonchev–Trinajstić information content (AvgIpc) is 3.95. The molecule has 2 aliphatic rings. The fourth-order valence-electron chi connectivity index (χ4n) is 9.08. The molecule has 2 fully saturated rings. The van der Waals surface area contributed by atoms with E-state index in [2.05, 4.69) is 9.97 Å². The molecule has 16 nitrogen and oxygen atoms in total. The second-order valence-electron chi connectivity index (χ2n) is 17.8. The van der Waals surface area contributed by atoms with Crippen LogP contribution in [-0.4, -0.2) is 107 Å². The number of aliphatic carboxylic acids is 1. The molecule has 1 N–H and O–H groups in total. The topological polar surface area (TPSA) is 212 Å². The van der Waals surface area contributed by atoms with E-state index >= 15 is 0 Å². The van der Waals surface area contributed by atoms with Gasteiger partial charge in [0, 0.05) is 60.9 Å². The first-order valence-corrected chi connectivity index (χ1v) is 27.0. The Morgan fingerprint density at radius 1 is 0.652 bits per heavy atom. The van der Waals surface area contributed by atoms with Gasteiger partial charge in [-0.25, -0.2) is 36.8 Å². The van der Waals surface area contributed by atoms with Crippen LogP contribution < -0.4 is 39.0 Å². The molecule has 0 unspecified atom stereocenters. The summed E-state index contributed by atoms with van der Waals surface area (Å²) in [6.45, 7) is 0.673. The summed E-state index contributed by atoms with van der Waals surface area (Å²) >= 11 is 0. The van der Waals surface area contributed by atoms with Gasteiger partial charge in [0.2, 0.25) is 0 Å². The largest absolute Gasteiger partial charge is 1.00 e. The van der Waals surface area contributed by atoms with E-state index in [1.807, 2.05) is 82.2 Å². The summed E-state index contributed by atoms with van der Waals surface area (Å²) in [5.41, 5.74) is 1.91. The monoisotopic (exact) mass is 996 g/mol. The molecule has 0 saturated heterocycles. The number of ether oxygens (including phenoxy) is 3. The summed E-state index contributed by atoms with van der Waals surface area (Å²) in [6, 6.07) is 19.3. The van der Waals surface area contributed by atoms with Crippen molar-refractivity contribution < 1.29 is 76.7 Å². The molecule has 0 radical (unpaired) electrons. The third-order valence-electron chi connectivity index (χ3n) is 12.6. The van der Waals surface area contributed by atoms with Crippen molar-refractivity contribution in [1.29, 1.82) is 0 Å². The van der Waals surface area contributed by atoms with Gasteiger partial charge in [0.15, 0.2) is 0 Å². The van der Waals surface area contributed by atoms with Gasteiger partial charge in [-0.3, -0.25) is 9.59 Å². The van der Waals surface area contributed by atoms with Crippen LogP contribution in [0.1, 0.15) is 84.7 Å². The van der Waals surface area contributed by atoms with Crippen LogP contribution in [0.5, 0.6) is 11.5 Å². The standard InChI is InChI=1S/C25H31N3O5S.C24H29N3O5S.CH4.Na.H/c1-32-25(29)19-9-7-18(8-10-19)17-23-26-13-11-24(27-23)28-14-12-20-21(28)5-3-6-22(20)33-15-4-16-34(2,30)31;1-33(30,31)15-3-14-32-21-5-2-4-20-19(21)11-13-27(20)23-10-12-25-22(26-23)16-17-6-8-18(9-7-17)24(28)29;;;/h3,5-6,11-14,18-19H,4,7-10,15-17H2,1-2H3;2,4-5,10-13,17-18H,3,6-9,14-16H2,1H3,(H,28,29);1H4;;/q;;;+1;-1. The maximum atomic E-state index is 11.8. The summed E-state index contributed by atoms with van der Waals surface area (Å²) < 4.78 is 65.9. The summed E-state index contributed by atoms with van der Waals surface area (Å²) in [5.74, 6) is 4.64. The molecule has 8 rings (SSSR count). The van der Waals surface area contributed by atoms with Crippen LogP contribution in [0.2, 0.25) is 0 Å². The molecule has 2 aromatic carbocycles. The zero-order chi connectivity index (χ0) is 47.6. The Bertz CT molecular complexity index is 2880. The number of carbonyl (C=O) groups is 2. The Labute approximate surface area is 429 Å². The molecule has 2 aliphatic carbocycles. The molecule has 19 heteroatoms. The van der Waals surface area contributed by atoms with Gasteiger partial charge in [0.05, 0.1) is 54.7 Å². The fourth-order valence-corrected chi connectivity index (χ4v) is 10.4. The molecular formula is C50H65N6NaO10S2. The van der Waals surface area contributed by atoms with Crippen molar-refractivity contribution in [2.24, 2.45) is 23.7 Å². The van der Waals surface area contributed by atoms with Crippen molar-refractivity contribution in [3.05, 3.63) is 97.1 Å². The molecule has 0 atom stereocenters. The Balaban J connectivity index is 0.000000292. The molecule has 0 bridgehead atoms. The molecule has 368 valence electrons. The zero-order valence-corrected chi connectivity index (χ0v) is 43.0. The van der Waals surface area contributed by atoms with Gasteiger partial charge in [0.25, 0.3) is 0 Å². The van der Waals surface area contributed by atoms with E-state index in [1.165, 1.54) is 19.6 Å². The van der Waals surface area contributed by atoms with Crippen molar-refractivity contribution in [3.8, 4) is 23.1 Å². The van der Waals surface area contributed by atoms with Crippen molar-refractivity contribution in [2.45, 2.75) is 84.5 Å². The van der Waals surface area contributed by atoms with Crippen LogP contribution in [0.4, 0.5) is 0 Å². The van der Waals surface area contributed by atoms with Crippen molar-refractivity contribution in [1.82, 2.24) is 29.1 Å². The van der Waals surface area contributed by atoms with Crippen molar-refractivity contribution >= 4 is 53.4 Å². The number of hydrogen-bond acceptors (Lipinski definition) is 13. The van der Waals surface area contributed by atoms with Crippen LogP contribution in [0, 0.1) is 23.7 Å². The number of carboxylic acids is 1. The number of hydrogen-bond donors (Lipinski definition) is 1. The first kappa shape index (κ1) is 55.1. The van der Waals surface area contributed by atoms with Crippen molar-refractivity contribution in [2.75, 3.05) is 44.3 Å². The van der Waals surface area contributed by atoms with Gasteiger partial charge in [-0.2, -0.15) is 0 Å². The fraction of sp³-hybridized carbons (Fsp3) is 0.480. The second kappa shape index (κ2) is 25.3. The third kappa shape index (κ3) is 15.6. The summed E-state index contributed by atoms with van der Waals surface area (Å²) in [7, 11) is -4.54. The minimum atomic E-state index is -3.00. The zero-order valence-electron chi connectivity index (χ0n) is 40.3. The third-order valence-corrected chi connectivity index (χ3v) is 14.7. The molecule has 2 saturated carbocycles. The first-order chi connectivity index (χ1) is 32.1. The SMILES string of the molecule is C.COC(=O)C1CCC(Cc2nccc(-n3ccc4c(OCCCS(C)(=O)=O)cccc43)n2)CC1.CS(=O)(=O)CCCOc1cccc2c1ccn2-c1ccnc(CC2CCC(C(=O)O)CC2)n1.[H-].[Na+]. The Kier molecular flexibility index (Phi) is 20.2. The number of aromatic nitrogens is 6. The minimum absolute atomic E-state index is 0. The predicted molar refractivity (Wildman–Crippen MR) is 263 cm³/mol. The number of fused-ring (bicyclic) bond motifs is 2. The quantitative estimate of drug-likeness (QED) is 0.0669. The maximum Gasteiger partial charge on any atom is 1.00 e. The molecule has 6 aromatic rings. The van der Waals surface area contributed by atoms with Gasteiger partial charge in [-0.05, 0) is 125 Å².